The van der Waals surface area contributed by atoms with E-state index in [1.807, 2.05) is 0 Å². The van der Waals surface area contributed by atoms with E-state index in [1.54, 1.807) is 0 Å². The van der Waals surface area contributed by atoms with Gasteiger partial charge in [-0.15, -0.1) is 0 Å². The minimum atomic E-state index is -1.06. The van der Waals surface area contributed by atoms with E-state index in [-0.39, 0.29) is 5.57 Å². The molecule has 1 aromatic carbocycles. The van der Waals surface area contributed by atoms with Gasteiger partial charge in [-0.3, -0.25) is 0 Å². The van der Waals surface area contributed by atoms with Crippen LogP contribution in [0.4, 0.5) is 4.39 Å². The van der Waals surface area contributed by atoms with Crippen molar-refractivity contribution in [3.8, 4) is 5.75 Å². The normalized spacial score (nSPS) is 11.4. The maximum absolute atomic E-state index is 12.8. The summed E-state index contributed by atoms with van der Waals surface area (Å²) < 4.78 is 12.8. The smallest absolute Gasteiger partial charge is 0.331 e. The summed E-state index contributed by atoms with van der Waals surface area (Å²) >= 11 is 0. The summed E-state index contributed by atoms with van der Waals surface area (Å²) in [6, 6.07) is 3.68. The molecule has 0 saturated carbocycles. The fraction of sp³-hybridized carbons (Fsp3) is 0.100. The van der Waals surface area contributed by atoms with Crippen LogP contribution in [0.3, 0.4) is 0 Å². The van der Waals surface area contributed by atoms with Gasteiger partial charge in [0, 0.05) is 5.57 Å². The van der Waals surface area contributed by atoms with Crippen molar-refractivity contribution >= 4 is 12.0 Å². The summed E-state index contributed by atoms with van der Waals surface area (Å²) in [5, 5.41) is 17.4. The molecule has 0 atom stereocenters. The van der Waals surface area contributed by atoms with Crippen molar-refractivity contribution in [1.82, 2.24) is 0 Å². The number of phenols is 1. The van der Waals surface area contributed by atoms with Crippen LogP contribution in [0.15, 0.2) is 23.8 Å². The van der Waals surface area contributed by atoms with E-state index in [0.29, 0.717) is 5.56 Å². The number of phenolic OH excluding ortho intramolecular Hbond substituents is 1. The first-order valence-corrected chi connectivity index (χ1v) is 3.91. The Labute approximate surface area is 80.1 Å². The Hall–Kier alpha value is -1.84. The number of aromatic hydroxyl groups is 1. The summed E-state index contributed by atoms with van der Waals surface area (Å²) in [6.45, 7) is 1.41. The van der Waals surface area contributed by atoms with E-state index in [2.05, 4.69) is 0 Å². The van der Waals surface area contributed by atoms with Crippen LogP contribution in [-0.2, 0) is 4.79 Å². The number of aliphatic carboxylic acids is 1. The Kier molecular flexibility index (Phi) is 2.86. The molecule has 0 aliphatic carbocycles. The highest BCUT2D eigenvalue weighted by atomic mass is 19.1. The number of hydrogen-bond acceptors (Lipinski definition) is 2. The number of hydrogen-bond donors (Lipinski definition) is 2. The first kappa shape index (κ1) is 10.2. The van der Waals surface area contributed by atoms with Gasteiger partial charge < -0.3 is 10.2 Å². The second-order valence-corrected chi connectivity index (χ2v) is 2.84. The number of carboxylic acid groups (broad SMARTS) is 1. The van der Waals surface area contributed by atoms with Gasteiger partial charge in [-0.25, -0.2) is 9.18 Å². The summed E-state index contributed by atoms with van der Waals surface area (Å²) in [5.41, 5.74) is 0.510. The van der Waals surface area contributed by atoms with Gasteiger partial charge in [0.05, 0.1) is 0 Å². The maximum atomic E-state index is 12.8. The topological polar surface area (TPSA) is 57.5 Å². The van der Waals surface area contributed by atoms with Crippen LogP contribution in [0.5, 0.6) is 5.75 Å². The predicted octanol–water partition coefficient (Wildman–Crippen LogP) is 2.02. The highest BCUT2D eigenvalue weighted by Gasteiger charge is 2.02. The van der Waals surface area contributed by atoms with Gasteiger partial charge in [-0.1, -0.05) is 6.07 Å². The molecule has 1 rings (SSSR count). The third-order valence-corrected chi connectivity index (χ3v) is 1.69. The average molecular weight is 196 g/mol. The van der Waals surface area contributed by atoms with Crippen molar-refractivity contribution in [3.63, 3.8) is 0 Å². The van der Waals surface area contributed by atoms with Gasteiger partial charge in [-0.05, 0) is 30.7 Å². The van der Waals surface area contributed by atoms with Crippen molar-refractivity contribution in [1.29, 1.82) is 0 Å². The number of carboxylic acids is 1. The lowest BCUT2D eigenvalue weighted by atomic mass is 10.1. The fourth-order valence-electron chi connectivity index (χ4n) is 0.925. The van der Waals surface area contributed by atoms with E-state index >= 15 is 0 Å². The third kappa shape index (κ3) is 2.32. The molecule has 1 aromatic rings. The van der Waals surface area contributed by atoms with Gasteiger partial charge in [0.15, 0.2) is 11.6 Å². The summed E-state index contributed by atoms with van der Waals surface area (Å²) in [7, 11) is 0. The quantitative estimate of drug-likeness (QED) is 0.711. The van der Waals surface area contributed by atoms with E-state index in [1.165, 1.54) is 25.1 Å². The van der Waals surface area contributed by atoms with Gasteiger partial charge >= 0.3 is 5.97 Å². The largest absolute Gasteiger partial charge is 0.505 e. The molecule has 0 aliphatic heterocycles. The molecule has 0 saturated heterocycles. The second-order valence-electron chi connectivity index (χ2n) is 2.84. The maximum Gasteiger partial charge on any atom is 0.331 e. The van der Waals surface area contributed by atoms with Gasteiger partial charge in [0.1, 0.15) is 0 Å². The molecule has 74 valence electrons. The molecule has 0 spiro atoms. The van der Waals surface area contributed by atoms with E-state index in [9.17, 15) is 9.18 Å². The first-order valence-electron chi connectivity index (χ1n) is 3.91. The lowest BCUT2D eigenvalue weighted by molar-refractivity contribution is -0.132. The van der Waals surface area contributed by atoms with E-state index in [4.69, 9.17) is 10.2 Å². The van der Waals surface area contributed by atoms with E-state index in [0.717, 1.165) is 6.07 Å². The van der Waals surface area contributed by atoms with Crippen molar-refractivity contribution in [2.24, 2.45) is 0 Å². The van der Waals surface area contributed by atoms with Crippen LogP contribution in [0.1, 0.15) is 12.5 Å². The molecular formula is C10H9FO3. The molecule has 0 heterocycles. The SMILES string of the molecule is C/C(=C\c1ccc(O)c(F)c1)C(=O)O. The summed E-state index contributed by atoms with van der Waals surface area (Å²) in [6.07, 6.45) is 1.32. The molecule has 0 aromatic heterocycles. The van der Waals surface area contributed by atoms with Gasteiger partial charge in [-0.2, -0.15) is 0 Å². The molecule has 0 radical (unpaired) electrons. The van der Waals surface area contributed by atoms with Crippen LogP contribution in [-0.4, -0.2) is 16.2 Å². The Morgan fingerprint density at radius 3 is 2.64 bits per heavy atom. The van der Waals surface area contributed by atoms with Crippen LogP contribution in [0.2, 0.25) is 0 Å². The third-order valence-electron chi connectivity index (χ3n) is 1.69. The zero-order chi connectivity index (χ0) is 10.7. The van der Waals surface area contributed by atoms with E-state index < -0.39 is 17.5 Å². The Morgan fingerprint density at radius 1 is 1.50 bits per heavy atom. The fourth-order valence-corrected chi connectivity index (χ4v) is 0.925. The zero-order valence-electron chi connectivity index (χ0n) is 7.49. The summed E-state index contributed by atoms with van der Waals surface area (Å²) in [5.74, 6) is -2.27. The standard InChI is InChI=1S/C10H9FO3/c1-6(10(13)14)4-7-2-3-9(12)8(11)5-7/h2-5,12H,1H3,(H,13,14)/b6-4+. The molecule has 0 aliphatic rings. The van der Waals surface area contributed by atoms with Crippen molar-refractivity contribution in [2.75, 3.05) is 0 Å². The minimum Gasteiger partial charge on any atom is -0.505 e. The highest BCUT2D eigenvalue weighted by molar-refractivity contribution is 5.91. The number of rotatable bonds is 2. The molecule has 0 unspecified atom stereocenters. The van der Waals surface area contributed by atoms with Crippen LogP contribution < -0.4 is 0 Å². The van der Waals surface area contributed by atoms with Crippen LogP contribution in [0, 0.1) is 5.82 Å². The molecule has 0 fully saturated rings. The molecule has 2 N–H and O–H groups in total. The Balaban J connectivity index is 3.04. The molecule has 3 nitrogen and oxygen atoms in total. The van der Waals surface area contributed by atoms with Gasteiger partial charge in [0.25, 0.3) is 0 Å². The highest BCUT2D eigenvalue weighted by Crippen LogP contribution is 2.17. The number of halogens is 1. The van der Waals surface area contributed by atoms with Crippen LogP contribution in [0.25, 0.3) is 6.08 Å². The Bertz CT molecular complexity index is 396. The minimum absolute atomic E-state index is 0.107. The van der Waals surface area contributed by atoms with Crippen molar-refractivity contribution < 1.29 is 19.4 Å². The van der Waals surface area contributed by atoms with Crippen LogP contribution >= 0.6 is 0 Å². The molecular weight excluding hydrogens is 187 g/mol. The molecule has 4 heteroatoms. The number of carbonyl (C=O) groups is 1. The first-order chi connectivity index (χ1) is 6.50. The molecule has 0 bridgehead atoms. The van der Waals surface area contributed by atoms with Crippen molar-refractivity contribution in [3.05, 3.63) is 35.2 Å². The lowest BCUT2D eigenvalue weighted by Gasteiger charge is -1.98. The zero-order valence-corrected chi connectivity index (χ0v) is 7.49. The number of benzene rings is 1. The van der Waals surface area contributed by atoms with Gasteiger partial charge in [0.2, 0.25) is 0 Å². The predicted molar refractivity (Wildman–Crippen MR) is 49.4 cm³/mol. The molecule has 14 heavy (non-hydrogen) atoms. The monoisotopic (exact) mass is 196 g/mol. The molecule has 0 amide bonds. The average Bonchev–Trinajstić information content (AvgIpc) is 2.11. The van der Waals surface area contributed by atoms with Crippen molar-refractivity contribution in [2.45, 2.75) is 6.92 Å². The second kappa shape index (κ2) is 3.91. The lowest BCUT2D eigenvalue weighted by Crippen LogP contribution is -1.95. The summed E-state index contributed by atoms with van der Waals surface area (Å²) in [4.78, 5) is 10.4. The Morgan fingerprint density at radius 2 is 2.14 bits per heavy atom.